The zero-order chi connectivity index (χ0) is 20.1. The lowest BCUT2D eigenvalue weighted by atomic mass is 10.3. The van der Waals surface area contributed by atoms with E-state index in [9.17, 15) is 4.79 Å². The Morgan fingerprint density at radius 3 is 2.46 bits per heavy atom. The number of unbranched alkanes of at least 4 members (excludes halogenated alkanes) is 2. The number of nitrogens with zero attached hydrogens (tertiary/aromatic N) is 3. The third-order valence-electron chi connectivity index (χ3n) is 4.56. The van der Waals surface area contributed by atoms with E-state index in [-0.39, 0.29) is 5.69 Å². The van der Waals surface area contributed by atoms with Crippen molar-refractivity contribution in [3.8, 4) is 17.4 Å². The van der Waals surface area contributed by atoms with Crippen LogP contribution in [0.2, 0.25) is 0 Å². The fourth-order valence-electron chi connectivity index (χ4n) is 3.01. The fraction of sp³-hybridized carbons (Fsp3) is 0.429. The second-order valence-electron chi connectivity index (χ2n) is 6.66. The predicted octanol–water partition coefficient (Wildman–Crippen LogP) is 4.69. The molecule has 0 amide bonds. The number of rotatable bonds is 9. The summed E-state index contributed by atoms with van der Waals surface area (Å²) >= 11 is 2.25. The maximum atomic E-state index is 13.0. The number of fused-ring (bicyclic) bond motifs is 1. The summed E-state index contributed by atoms with van der Waals surface area (Å²) in [5, 5.41) is 0. The summed E-state index contributed by atoms with van der Waals surface area (Å²) in [6, 6.07) is 9.55. The Bertz CT molecular complexity index is 1010. The number of aromatic nitrogens is 3. The van der Waals surface area contributed by atoms with Crippen LogP contribution in [-0.4, -0.2) is 27.3 Å². The standard InChI is InChI=1S/C21H26IN3O3/c1-4-6-13-27-18-12-11-17(20(23-18)28-14-7-5-2)25-16-10-8-9-15(22)19(16)24(3)21(25)26/h8-12H,4-7,13-14H2,1-3H3. The van der Waals surface area contributed by atoms with Gasteiger partial charge in [0.15, 0.2) is 0 Å². The van der Waals surface area contributed by atoms with Crippen LogP contribution in [0, 0.1) is 3.57 Å². The van der Waals surface area contributed by atoms with Crippen LogP contribution in [0.4, 0.5) is 0 Å². The minimum absolute atomic E-state index is 0.124. The van der Waals surface area contributed by atoms with Crippen molar-refractivity contribution in [1.29, 1.82) is 0 Å². The summed E-state index contributed by atoms with van der Waals surface area (Å²) in [4.78, 5) is 17.6. The topological polar surface area (TPSA) is 58.3 Å². The lowest BCUT2D eigenvalue weighted by Gasteiger charge is -2.13. The summed E-state index contributed by atoms with van der Waals surface area (Å²) in [7, 11) is 1.79. The number of benzene rings is 1. The number of pyridine rings is 1. The van der Waals surface area contributed by atoms with Gasteiger partial charge in [-0.3, -0.25) is 9.13 Å². The van der Waals surface area contributed by atoms with Crippen LogP contribution in [-0.2, 0) is 7.05 Å². The van der Waals surface area contributed by atoms with E-state index in [1.165, 1.54) is 0 Å². The van der Waals surface area contributed by atoms with Gasteiger partial charge in [0.1, 0.15) is 5.69 Å². The van der Waals surface area contributed by atoms with Gasteiger partial charge in [0.25, 0.3) is 0 Å². The van der Waals surface area contributed by atoms with E-state index in [0.717, 1.165) is 40.3 Å². The van der Waals surface area contributed by atoms with Crippen molar-refractivity contribution < 1.29 is 9.47 Å². The average Bonchev–Trinajstić information content (AvgIpc) is 2.94. The van der Waals surface area contributed by atoms with Crippen LogP contribution >= 0.6 is 22.6 Å². The molecule has 6 nitrogen and oxygen atoms in total. The van der Waals surface area contributed by atoms with Crippen molar-refractivity contribution in [2.45, 2.75) is 39.5 Å². The number of imidazole rings is 1. The molecule has 0 radical (unpaired) electrons. The monoisotopic (exact) mass is 495 g/mol. The highest BCUT2D eigenvalue weighted by molar-refractivity contribution is 14.1. The average molecular weight is 495 g/mol. The van der Waals surface area contributed by atoms with Crippen molar-refractivity contribution >= 4 is 33.6 Å². The molecule has 2 aromatic heterocycles. The van der Waals surface area contributed by atoms with E-state index in [2.05, 4.69) is 41.4 Å². The van der Waals surface area contributed by atoms with Gasteiger partial charge < -0.3 is 9.47 Å². The number of hydrogen-bond donors (Lipinski definition) is 0. The van der Waals surface area contributed by atoms with Gasteiger partial charge in [-0.2, -0.15) is 4.98 Å². The van der Waals surface area contributed by atoms with Crippen LogP contribution in [0.5, 0.6) is 11.8 Å². The van der Waals surface area contributed by atoms with Gasteiger partial charge in [-0.25, -0.2) is 4.79 Å². The molecule has 28 heavy (non-hydrogen) atoms. The van der Waals surface area contributed by atoms with Gasteiger partial charge in [-0.05, 0) is 53.6 Å². The van der Waals surface area contributed by atoms with Gasteiger partial charge in [0.2, 0.25) is 11.8 Å². The lowest BCUT2D eigenvalue weighted by Crippen LogP contribution is -2.22. The molecule has 0 unspecified atom stereocenters. The highest BCUT2D eigenvalue weighted by atomic mass is 127. The molecule has 0 aliphatic heterocycles. The number of para-hydroxylation sites is 1. The van der Waals surface area contributed by atoms with Gasteiger partial charge in [0, 0.05) is 16.7 Å². The first-order valence-electron chi connectivity index (χ1n) is 9.71. The quantitative estimate of drug-likeness (QED) is 0.320. The minimum Gasteiger partial charge on any atom is -0.478 e. The molecular formula is C21H26IN3O3. The summed E-state index contributed by atoms with van der Waals surface area (Å²) < 4.78 is 16.1. The highest BCUT2D eigenvalue weighted by Gasteiger charge is 2.19. The maximum Gasteiger partial charge on any atom is 0.333 e. The van der Waals surface area contributed by atoms with E-state index in [4.69, 9.17) is 9.47 Å². The van der Waals surface area contributed by atoms with E-state index in [1.54, 1.807) is 22.2 Å². The zero-order valence-electron chi connectivity index (χ0n) is 16.6. The third kappa shape index (κ3) is 4.19. The summed E-state index contributed by atoms with van der Waals surface area (Å²) in [5.41, 5.74) is 2.24. The smallest absolute Gasteiger partial charge is 0.333 e. The van der Waals surface area contributed by atoms with Crippen LogP contribution in [0.3, 0.4) is 0 Å². The molecule has 0 bridgehead atoms. The van der Waals surface area contributed by atoms with E-state index >= 15 is 0 Å². The third-order valence-corrected chi connectivity index (χ3v) is 5.43. The Hall–Kier alpha value is -2.03. The zero-order valence-corrected chi connectivity index (χ0v) is 18.7. The number of hydrogen-bond acceptors (Lipinski definition) is 4. The second kappa shape index (κ2) is 9.45. The van der Waals surface area contributed by atoms with Crippen LogP contribution in [0.25, 0.3) is 16.7 Å². The summed E-state index contributed by atoms with van der Waals surface area (Å²) in [5.74, 6) is 0.947. The molecule has 7 heteroatoms. The Morgan fingerprint density at radius 1 is 1.04 bits per heavy atom. The van der Waals surface area contributed by atoms with E-state index in [0.29, 0.717) is 30.7 Å². The molecule has 0 saturated carbocycles. The van der Waals surface area contributed by atoms with Crippen molar-refractivity contribution in [3.63, 3.8) is 0 Å². The van der Waals surface area contributed by atoms with Crippen molar-refractivity contribution in [2.75, 3.05) is 13.2 Å². The summed E-state index contributed by atoms with van der Waals surface area (Å²) in [6.07, 6.45) is 3.97. The first-order valence-corrected chi connectivity index (χ1v) is 10.8. The normalized spacial score (nSPS) is 11.1. The first-order chi connectivity index (χ1) is 13.6. The van der Waals surface area contributed by atoms with E-state index < -0.39 is 0 Å². The largest absolute Gasteiger partial charge is 0.478 e. The van der Waals surface area contributed by atoms with Crippen molar-refractivity contribution in [1.82, 2.24) is 14.1 Å². The maximum absolute atomic E-state index is 13.0. The second-order valence-corrected chi connectivity index (χ2v) is 7.82. The molecule has 0 saturated heterocycles. The van der Waals surface area contributed by atoms with Crippen LogP contribution in [0.1, 0.15) is 39.5 Å². The van der Waals surface area contributed by atoms with Gasteiger partial charge in [-0.15, -0.1) is 0 Å². The Morgan fingerprint density at radius 2 is 1.75 bits per heavy atom. The molecule has 1 aromatic carbocycles. The number of aryl methyl sites for hydroxylation is 1. The number of ether oxygens (including phenoxy) is 2. The summed E-state index contributed by atoms with van der Waals surface area (Å²) in [6.45, 7) is 5.39. The van der Waals surface area contributed by atoms with Crippen molar-refractivity contribution in [3.05, 3.63) is 44.4 Å². The molecule has 0 aliphatic carbocycles. The molecule has 0 spiro atoms. The van der Waals surface area contributed by atoms with E-state index in [1.807, 2.05) is 24.3 Å². The Balaban J connectivity index is 2.10. The molecule has 3 rings (SSSR count). The molecule has 0 N–H and O–H groups in total. The molecule has 0 fully saturated rings. The highest BCUT2D eigenvalue weighted by Crippen LogP contribution is 2.28. The molecule has 2 heterocycles. The lowest BCUT2D eigenvalue weighted by molar-refractivity contribution is 0.272. The molecular weight excluding hydrogens is 469 g/mol. The van der Waals surface area contributed by atoms with Crippen molar-refractivity contribution in [2.24, 2.45) is 7.05 Å². The first kappa shape index (κ1) is 20.7. The van der Waals surface area contributed by atoms with Crippen LogP contribution < -0.4 is 15.2 Å². The molecule has 3 aromatic rings. The van der Waals surface area contributed by atoms with Gasteiger partial charge in [0.05, 0.1) is 24.2 Å². The number of halogens is 1. The minimum atomic E-state index is -0.124. The SMILES string of the molecule is CCCCOc1ccc(-n2c(=O)n(C)c3c(I)cccc32)c(OCCCC)n1. The van der Waals surface area contributed by atoms with Gasteiger partial charge in [-0.1, -0.05) is 32.8 Å². The molecule has 0 aliphatic rings. The molecule has 0 atom stereocenters. The van der Waals surface area contributed by atoms with Crippen LogP contribution in [0.15, 0.2) is 35.1 Å². The fourth-order valence-corrected chi connectivity index (χ4v) is 3.85. The predicted molar refractivity (Wildman–Crippen MR) is 120 cm³/mol. The Labute approximate surface area is 178 Å². The van der Waals surface area contributed by atoms with Gasteiger partial charge >= 0.3 is 5.69 Å². The Kier molecular flexibility index (Phi) is 6.98. The molecule has 150 valence electrons.